The number of carbonyl (C=O) groups excluding carboxylic acids is 1. The Kier molecular flexibility index (Phi) is 6.18. The molecule has 18 heavy (non-hydrogen) atoms. The normalized spacial score (nSPS) is 9.94. The van der Waals surface area contributed by atoms with E-state index in [1.54, 1.807) is 4.90 Å². The van der Waals surface area contributed by atoms with Crippen LogP contribution in [0.1, 0.15) is 13.8 Å². The number of carbonyl (C=O) groups is 1. The van der Waals surface area contributed by atoms with Crippen LogP contribution in [0.4, 0.5) is 0 Å². The van der Waals surface area contributed by atoms with Gasteiger partial charge >= 0.3 is 0 Å². The number of amides is 1. The molecule has 1 rings (SSSR count). The van der Waals surface area contributed by atoms with Gasteiger partial charge in [0.05, 0.1) is 0 Å². The van der Waals surface area contributed by atoms with E-state index >= 15 is 0 Å². The zero-order valence-electron chi connectivity index (χ0n) is 10.8. The van der Waals surface area contributed by atoms with Crippen molar-refractivity contribution in [1.29, 1.82) is 0 Å². The van der Waals surface area contributed by atoms with Crippen molar-refractivity contribution in [2.45, 2.75) is 13.8 Å². The highest BCUT2D eigenvalue weighted by Gasteiger charge is 2.12. The summed E-state index contributed by atoms with van der Waals surface area (Å²) < 4.78 is 6.61. The molecule has 0 saturated carbocycles. The topological polar surface area (TPSA) is 29.5 Å². The molecule has 0 aliphatic carbocycles. The molecule has 0 unspecified atom stereocenters. The summed E-state index contributed by atoms with van der Waals surface area (Å²) in [6.07, 6.45) is 0. The number of rotatable bonds is 6. The second kappa shape index (κ2) is 7.41. The summed E-state index contributed by atoms with van der Waals surface area (Å²) in [4.78, 5) is 13.6. The van der Waals surface area contributed by atoms with E-state index in [9.17, 15) is 4.79 Å². The van der Waals surface area contributed by atoms with E-state index in [2.05, 4.69) is 29.2 Å². The average Bonchev–Trinajstić information content (AvgIpc) is 2.34. The van der Waals surface area contributed by atoms with Crippen LogP contribution in [0.3, 0.4) is 0 Å². The Morgan fingerprint density at radius 2 is 2.00 bits per heavy atom. The van der Waals surface area contributed by atoms with Crippen LogP contribution in [0.2, 0.25) is 0 Å². The quantitative estimate of drug-likeness (QED) is 0.577. The van der Waals surface area contributed by atoms with Gasteiger partial charge in [-0.1, -0.05) is 12.2 Å². The van der Waals surface area contributed by atoms with Gasteiger partial charge in [0.15, 0.2) is 6.61 Å². The number of nitrogens with zero attached hydrogens (tertiary/aromatic N) is 1. The van der Waals surface area contributed by atoms with Crippen LogP contribution in [0, 0.1) is 3.57 Å². The van der Waals surface area contributed by atoms with Crippen molar-refractivity contribution in [2.75, 3.05) is 19.7 Å². The van der Waals surface area contributed by atoms with E-state index in [4.69, 9.17) is 4.74 Å². The van der Waals surface area contributed by atoms with Crippen molar-refractivity contribution in [3.8, 4) is 5.75 Å². The summed E-state index contributed by atoms with van der Waals surface area (Å²) in [7, 11) is 0. The molecular weight excluding hydrogens is 341 g/mol. The lowest BCUT2D eigenvalue weighted by molar-refractivity contribution is -0.132. The van der Waals surface area contributed by atoms with Gasteiger partial charge in [-0.05, 0) is 60.7 Å². The average molecular weight is 359 g/mol. The molecule has 98 valence electrons. The van der Waals surface area contributed by atoms with Gasteiger partial charge < -0.3 is 9.64 Å². The van der Waals surface area contributed by atoms with E-state index in [-0.39, 0.29) is 12.5 Å². The van der Waals surface area contributed by atoms with Gasteiger partial charge in [-0.15, -0.1) is 0 Å². The van der Waals surface area contributed by atoms with Crippen LogP contribution >= 0.6 is 22.6 Å². The molecule has 0 saturated heterocycles. The summed E-state index contributed by atoms with van der Waals surface area (Å²) >= 11 is 2.23. The molecule has 4 heteroatoms. The van der Waals surface area contributed by atoms with Gasteiger partial charge in [0.2, 0.25) is 0 Å². The molecule has 0 spiro atoms. The zero-order valence-corrected chi connectivity index (χ0v) is 12.9. The van der Waals surface area contributed by atoms with Crippen molar-refractivity contribution in [2.24, 2.45) is 0 Å². The van der Waals surface area contributed by atoms with E-state index in [0.717, 1.165) is 14.9 Å². The van der Waals surface area contributed by atoms with Gasteiger partial charge in [0.25, 0.3) is 5.91 Å². The van der Waals surface area contributed by atoms with Crippen molar-refractivity contribution >= 4 is 28.5 Å². The Hall–Kier alpha value is -1.04. The van der Waals surface area contributed by atoms with Crippen molar-refractivity contribution in [1.82, 2.24) is 4.90 Å². The van der Waals surface area contributed by atoms with Gasteiger partial charge in [0, 0.05) is 16.7 Å². The predicted molar refractivity (Wildman–Crippen MR) is 81.7 cm³/mol. The summed E-state index contributed by atoms with van der Waals surface area (Å²) in [6.45, 7) is 9.01. The fourth-order valence-electron chi connectivity index (χ4n) is 1.47. The molecule has 0 aliphatic heterocycles. The third-order valence-electron chi connectivity index (χ3n) is 2.37. The van der Waals surface area contributed by atoms with Crippen molar-refractivity contribution in [3.63, 3.8) is 0 Å². The van der Waals surface area contributed by atoms with Gasteiger partial charge in [0.1, 0.15) is 5.75 Å². The van der Waals surface area contributed by atoms with Gasteiger partial charge in [-0.25, -0.2) is 0 Å². The number of benzene rings is 1. The number of likely N-dealkylation sites (N-methyl/N-ethyl adjacent to an activating group) is 1. The van der Waals surface area contributed by atoms with Crippen LogP contribution in [-0.2, 0) is 4.79 Å². The molecule has 0 N–H and O–H groups in total. The largest absolute Gasteiger partial charge is 0.484 e. The highest BCUT2D eigenvalue weighted by atomic mass is 127. The van der Waals surface area contributed by atoms with Crippen LogP contribution < -0.4 is 4.74 Å². The van der Waals surface area contributed by atoms with E-state index < -0.39 is 0 Å². The Morgan fingerprint density at radius 3 is 2.50 bits per heavy atom. The van der Waals surface area contributed by atoms with Crippen LogP contribution in [-0.4, -0.2) is 30.5 Å². The minimum absolute atomic E-state index is 0.0148. The fourth-order valence-corrected chi connectivity index (χ4v) is 1.83. The zero-order chi connectivity index (χ0) is 13.5. The fraction of sp³-hybridized carbons (Fsp3) is 0.357. The summed E-state index contributed by atoms with van der Waals surface area (Å²) in [5, 5.41) is 0. The summed E-state index contributed by atoms with van der Waals surface area (Å²) in [5.41, 5.74) is 0.972. The van der Waals surface area contributed by atoms with Gasteiger partial charge in [-0.2, -0.15) is 0 Å². The first-order valence-corrected chi connectivity index (χ1v) is 6.91. The molecule has 3 nitrogen and oxygen atoms in total. The molecule has 0 fully saturated rings. The van der Waals surface area contributed by atoms with Gasteiger partial charge in [-0.3, -0.25) is 4.79 Å². The Morgan fingerprint density at radius 1 is 1.39 bits per heavy atom. The Labute approximate surface area is 122 Å². The molecule has 0 aliphatic rings. The van der Waals surface area contributed by atoms with Crippen LogP contribution in [0.5, 0.6) is 5.75 Å². The van der Waals surface area contributed by atoms with Crippen molar-refractivity contribution in [3.05, 3.63) is 40.0 Å². The molecule has 1 amide bonds. The molecule has 1 aromatic rings. The maximum absolute atomic E-state index is 11.9. The lowest BCUT2D eigenvalue weighted by Gasteiger charge is -2.21. The second-order valence-corrected chi connectivity index (χ2v) is 5.35. The molecule has 0 atom stereocenters. The monoisotopic (exact) mass is 359 g/mol. The smallest absolute Gasteiger partial charge is 0.260 e. The molecule has 1 aromatic carbocycles. The molecule has 0 radical (unpaired) electrons. The summed E-state index contributed by atoms with van der Waals surface area (Å²) in [6, 6.07) is 7.63. The predicted octanol–water partition coefficient (Wildman–Crippen LogP) is 3.09. The first-order chi connectivity index (χ1) is 8.52. The SMILES string of the molecule is C=C(C)CN(CC)C(=O)COc1ccc(I)cc1. The third-order valence-corrected chi connectivity index (χ3v) is 3.09. The van der Waals surface area contributed by atoms with Crippen LogP contribution in [0.15, 0.2) is 36.4 Å². The maximum Gasteiger partial charge on any atom is 0.260 e. The van der Waals surface area contributed by atoms with Crippen LogP contribution in [0.25, 0.3) is 0 Å². The first kappa shape index (κ1) is 15.0. The molecule has 0 heterocycles. The third kappa shape index (κ3) is 5.08. The minimum Gasteiger partial charge on any atom is -0.484 e. The van der Waals surface area contributed by atoms with E-state index in [1.807, 2.05) is 38.1 Å². The lowest BCUT2D eigenvalue weighted by Crippen LogP contribution is -2.35. The Balaban J connectivity index is 2.49. The second-order valence-electron chi connectivity index (χ2n) is 4.11. The highest BCUT2D eigenvalue weighted by Crippen LogP contribution is 2.13. The molecule has 0 aromatic heterocycles. The molecular formula is C14H18INO2. The number of hydrogen-bond donors (Lipinski definition) is 0. The van der Waals surface area contributed by atoms with E-state index in [1.165, 1.54) is 0 Å². The number of ether oxygens (including phenoxy) is 1. The molecule has 0 bridgehead atoms. The first-order valence-electron chi connectivity index (χ1n) is 5.83. The summed E-state index contributed by atoms with van der Waals surface area (Å²) in [5.74, 6) is 0.703. The van der Waals surface area contributed by atoms with Crippen molar-refractivity contribution < 1.29 is 9.53 Å². The Bertz CT molecular complexity index is 414. The number of halogens is 1. The maximum atomic E-state index is 11.9. The standard InChI is InChI=1S/C14H18INO2/c1-4-16(9-11(2)3)14(17)10-18-13-7-5-12(15)6-8-13/h5-8H,2,4,9-10H2,1,3H3. The van der Waals surface area contributed by atoms with E-state index in [0.29, 0.717) is 13.1 Å². The highest BCUT2D eigenvalue weighted by molar-refractivity contribution is 14.1. The minimum atomic E-state index is -0.0148. The lowest BCUT2D eigenvalue weighted by atomic mass is 10.3. The number of hydrogen-bond acceptors (Lipinski definition) is 2.